The van der Waals surface area contributed by atoms with E-state index in [1.165, 1.54) is 12.1 Å². The zero-order valence-electron chi connectivity index (χ0n) is 15.4. The van der Waals surface area contributed by atoms with Crippen LogP contribution < -0.4 is 15.1 Å². The number of amides is 3. The van der Waals surface area contributed by atoms with Crippen molar-refractivity contribution < 1.29 is 14.0 Å². The lowest BCUT2D eigenvalue weighted by atomic mass is 10.2. The second-order valence-electron chi connectivity index (χ2n) is 6.67. The SMILES string of the molecule is CCCCN(C(=O)N[C@H]1CC(=O)N(c2ccc(F)cc2)C1)c1ccccc1. The number of para-hydroxylation sites is 1. The van der Waals surface area contributed by atoms with Crippen LogP contribution >= 0.6 is 0 Å². The molecule has 2 aromatic carbocycles. The van der Waals surface area contributed by atoms with Crippen LogP contribution in [-0.4, -0.2) is 31.1 Å². The second-order valence-corrected chi connectivity index (χ2v) is 6.67. The monoisotopic (exact) mass is 369 g/mol. The molecule has 1 atom stereocenters. The van der Waals surface area contributed by atoms with Crippen molar-refractivity contribution in [3.05, 3.63) is 60.4 Å². The molecule has 6 heteroatoms. The normalized spacial score (nSPS) is 16.4. The van der Waals surface area contributed by atoms with Gasteiger partial charge in [0, 0.05) is 30.9 Å². The average Bonchev–Trinajstić information content (AvgIpc) is 3.03. The summed E-state index contributed by atoms with van der Waals surface area (Å²) in [5.74, 6) is -0.420. The molecular weight excluding hydrogens is 345 g/mol. The summed E-state index contributed by atoms with van der Waals surface area (Å²) in [4.78, 5) is 28.5. The highest BCUT2D eigenvalue weighted by Crippen LogP contribution is 2.22. The van der Waals surface area contributed by atoms with Crippen molar-refractivity contribution in [3.8, 4) is 0 Å². The zero-order valence-corrected chi connectivity index (χ0v) is 15.4. The van der Waals surface area contributed by atoms with Crippen LogP contribution in [0, 0.1) is 5.82 Å². The van der Waals surface area contributed by atoms with Gasteiger partial charge in [0.2, 0.25) is 5.91 Å². The molecule has 0 aliphatic carbocycles. The van der Waals surface area contributed by atoms with Gasteiger partial charge in [-0.1, -0.05) is 31.5 Å². The van der Waals surface area contributed by atoms with Crippen LogP contribution in [0.2, 0.25) is 0 Å². The lowest BCUT2D eigenvalue weighted by Gasteiger charge is -2.25. The molecule has 27 heavy (non-hydrogen) atoms. The Balaban J connectivity index is 1.67. The summed E-state index contributed by atoms with van der Waals surface area (Å²) < 4.78 is 13.1. The molecule has 3 amide bonds. The summed E-state index contributed by atoms with van der Waals surface area (Å²) in [5.41, 5.74) is 1.48. The van der Waals surface area contributed by atoms with Crippen molar-refractivity contribution in [2.24, 2.45) is 0 Å². The summed E-state index contributed by atoms with van der Waals surface area (Å²) in [6.45, 7) is 3.08. The van der Waals surface area contributed by atoms with Crippen molar-refractivity contribution in [2.75, 3.05) is 22.9 Å². The maximum atomic E-state index is 13.1. The summed E-state index contributed by atoms with van der Waals surface area (Å²) in [5, 5.41) is 2.98. The third kappa shape index (κ3) is 4.64. The van der Waals surface area contributed by atoms with E-state index >= 15 is 0 Å². The quantitative estimate of drug-likeness (QED) is 0.838. The lowest BCUT2D eigenvalue weighted by Crippen LogP contribution is -2.46. The Morgan fingerprint density at radius 2 is 1.89 bits per heavy atom. The number of nitrogens with zero attached hydrogens (tertiary/aromatic N) is 2. The summed E-state index contributed by atoms with van der Waals surface area (Å²) in [6.07, 6.45) is 2.12. The van der Waals surface area contributed by atoms with Gasteiger partial charge in [0.1, 0.15) is 5.82 Å². The molecule has 0 radical (unpaired) electrons. The van der Waals surface area contributed by atoms with Crippen molar-refractivity contribution in [1.82, 2.24) is 5.32 Å². The highest BCUT2D eigenvalue weighted by molar-refractivity contribution is 5.98. The van der Waals surface area contributed by atoms with Gasteiger partial charge in [-0.3, -0.25) is 9.69 Å². The number of nitrogens with one attached hydrogen (secondary N) is 1. The van der Waals surface area contributed by atoms with Crippen molar-refractivity contribution in [1.29, 1.82) is 0 Å². The van der Waals surface area contributed by atoms with Gasteiger partial charge in [-0.05, 0) is 42.8 Å². The fourth-order valence-corrected chi connectivity index (χ4v) is 3.20. The summed E-state index contributed by atoms with van der Waals surface area (Å²) in [6, 6.07) is 14.9. The maximum absolute atomic E-state index is 13.1. The molecule has 5 nitrogen and oxygen atoms in total. The molecule has 0 saturated carbocycles. The molecule has 2 aromatic rings. The molecule has 1 fully saturated rings. The first-order valence-electron chi connectivity index (χ1n) is 9.27. The minimum atomic E-state index is -0.343. The second kappa shape index (κ2) is 8.66. The van der Waals surface area contributed by atoms with E-state index in [-0.39, 0.29) is 30.2 Å². The largest absolute Gasteiger partial charge is 0.333 e. The number of urea groups is 1. The number of rotatable bonds is 6. The predicted molar refractivity (Wildman–Crippen MR) is 104 cm³/mol. The van der Waals surface area contributed by atoms with Crippen molar-refractivity contribution >= 4 is 23.3 Å². The van der Waals surface area contributed by atoms with Gasteiger partial charge in [-0.15, -0.1) is 0 Å². The van der Waals surface area contributed by atoms with E-state index in [1.54, 1.807) is 21.9 Å². The van der Waals surface area contributed by atoms with Gasteiger partial charge in [0.25, 0.3) is 0 Å². The number of anilines is 2. The molecule has 1 heterocycles. The van der Waals surface area contributed by atoms with Gasteiger partial charge in [0.05, 0.1) is 6.04 Å². The van der Waals surface area contributed by atoms with Crippen molar-refractivity contribution in [3.63, 3.8) is 0 Å². The molecule has 3 rings (SSSR count). The fourth-order valence-electron chi connectivity index (χ4n) is 3.20. The minimum absolute atomic E-state index is 0.0771. The van der Waals surface area contributed by atoms with Crippen LogP contribution in [-0.2, 0) is 4.79 Å². The van der Waals surface area contributed by atoms with Crippen LogP contribution in [0.15, 0.2) is 54.6 Å². The lowest BCUT2D eigenvalue weighted by molar-refractivity contribution is -0.117. The first kappa shape index (κ1) is 18.9. The number of halogens is 1. The predicted octanol–water partition coefficient (Wildman–Crippen LogP) is 3.95. The maximum Gasteiger partial charge on any atom is 0.322 e. The van der Waals surface area contributed by atoms with Gasteiger partial charge >= 0.3 is 6.03 Å². The number of carbonyl (C=O) groups excluding carboxylic acids is 2. The smallest absolute Gasteiger partial charge is 0.322 e. The Morgan fingerprint density at radius 3 is 2.56 bits per heavy atom. The number of carbonyl (C=O) groups is 2. The summed E-state index contributed by atoms with van der Waals surface area (Å²) in [7, 11) is 0. The number of hydrogen-bond donors (Lipinski definition) is 1. The van der Waals surface area contributed by atoms with Crippen LogP contribution in [0.5, 0.6) is 0 Å². The Kier molecular flexibility index (Phi) is 6.06. The topological polar surface area (TPSA) is 52.7 Å². The number of unbranched alkanes of at least 4 members (excludes halogenated alkanes) is 1. The fraction of sp³-hybridized carbons (Fsp3) is 0.333. The highest BCUT2D eigenvalue weighted by Gasteiger charge is 2.32. The van der Waals surface area contributed by atoms with Gasteiger partial charge in [-0.25, -0.2) is 9.18 Å². The van der Waals surface area contributed by atoms with Gasteiger partial charge in [-0.2, -0.15) is 0 Å². The van der Waals surface area contributed by atoms with Gasteiger partial charge < -0.3 is 10.2 Å². The van der Waals surface area contributed by atoms with Gasteiger partial charge in [0.15, 0.2) is 0 Å². The molecule has 0 unspecified atom stereocenters. The molecule has 1 N–H and O–H groups in total. The standard InChI is InChI=1S/C21H24FN3O2/c1-2-3-13-24(18-7-5-4-6-8-18)21(27)23-17-14-20(26)25(15-17)19-11-9-16(22)10-12-19/h4-12,17H,2-3,13-15H2,1H3,(H,23,27)/t17-/m0/s1. The molecule has 1 aliphatic heterocycles. The zero-order chi connectivity index (χ0) is 19.2. The van der Waals surface area contributed by atoms with Crippen LogP contribution in [0.25, 0.3) is 0 Å². The van der Waals surface area contributed by atoms with Crippen LogP contribution in [0.1, 0.15) is 26.2 Å². The molecule has 0 aromatic heterocycles. The van der Waals surface area contributed by atoms with Crippen LogP contribution in [0.3, 0.4) is 0 Å². The van der Waals surface area contributed by atoms with E-state index in [4.69, 9.17) is 0 Å². The molecule has 0 spiro atoms. The average molecular weight is 369 g/mol. The van der Waals surface area contributed by atoms with E-state index in [9.17, 15) is 14.0 Å². The molecular formula is C21H24FN3O2. The molecule has 0 bridgehead atoms. The third-order valence-electron chi connectivity index (χ3n) is 4.64. The van der Waals surface area contributed by atoms with Crippen LogP contribution in [0.4, 0.5) is 20.6 Å². The minimum Gasteiger partial charge on any atom is -0.333 e. The Bertz CT molecular complexity index is 780. The Morgan fingerprint density at radius 1 is 1.19 bits per heavy atom. The Hall–Kier alpha value is -2.89. The molecule has 1 saturated heterocycles. The third-order valence-corrected chi connectivity index (χ3v) is 4.64. The molecule has 142 valence electrons. The highest BCUT2D eigenvalue weighted by atomic mass is 19.1. The van der Waals surface area contributed by atoms with E-state index in [0.29, 0.717) is 18.8 Å². The van der Waals surface area contributed by atoms with E-state index < -0.39 is 0 Å². The van der Waals surface area contributed by atoms with Crippen molar-refractivity contribution in [2.45, 2.75) is 32.2 Å². The summed E-state index contributed by atoms with van der Waals surface area (Å²) >= 11 is 0. The first-order valence-corrected chi connectivity index (χ1v) is 9.27. The molecule has 1 aliphatic rings. The van der Waals surface area contributed by atoms with E-state index in [0.717, 1.165) is 18.5 Å². The Labute approximate surface area is 158 Å². The number of benzene rings is 2. The van der Waals surface area contributed by atoms with E-state index in [2.05, 4.69) is 12.2 Å². The number of hydrogen-bond acceptors (Lipinski definition) is 2. The van der Waals surface area contributed by atoms with E-state index in [1.807, 2.05) is 30.3 Å². The first-order chi connectivity index (χ1) is 13.1.